The number of rotatable bonds is 4. The van der Waals surface area contributed by atoms with Gasteiger partial charge in [-0.05, 0) is 36.1 Å². The Morgan fingerprint density at radius 2 is 1.75 bits per heavy atom. The summed E-state index contributed by atoms with van der Waals surface area (Å²) in [5, 5.41) is 0. The van der Waals surface area contributed by atoms with Crippen LogP contribution in [-0.4, -0.2) is 12.9 Å². The fourth-order valence-corrected chi connectivity index (χ4v) is 1.41. The number of hydrogen-bond donors (Lipinski definition) is 0. The predicted molar refractivity (Wildman–Crippen MR) is 66.0 cm³/mol. The summed E-state index contributed by atoms with van der Waals surface area (Å²) in [6, 6.07) is 7.29. The largest absolute Gasteiger partial charge is 0.497 e. The SMILES string of the molecule is COc1ccc(C(=O)CCC(C)(C)C)cc1. The summed E-state index contributed by atoms with van der Waals surface area (Å²) in [7, 11) is 1.62. The molecule has 1 rings (SSSR count). The molecule has 0 unspecified atom stereocenters. The smallest absolute Gasteiger partial charge is 0.162 e. The highest BCUT2D eigenvalue weighted by molar-refractivity contribution is 5.96. The predicted octanol–water partition coefficient (Wildman–Crippen LogP) is 3.70. The molecule has 0 aliphatic heterocycles. The van der Waals surface area contributed by atoms with Crippen LogP contribution in [0.2, 0.25) is 0 Å². The summed E-state index contributed by atoms with van der Waals surface area (Å²) in [4.78, 5) is 11.9. The lowest BCUT2D eigenvalue weighted by atomic mass is 9.88. The molecule has 1 aromatic carbocycles. The van der Waals surface area contributed by atoms with Crippen LogP contribution in [0.5, 0.6) is 5.75 Å². The molecule has 0 spiro atoms. The highest BCUT2D eigenvalue weighted by Crippen LogP contribution is 2.22. The van der Waals surface area contributed by atoms with Crippen LogP contribution in [0.15, 0.2) is 24.3 Å². The Kier molecular flexibility index (Phi) is 4.11. The van der Waals surface area contributed by atoms with Crippen LogP contribution in [0, 0.1) is 5.41 Å². The van der Waals surface area contributed by atoms with Gasteiger partial charge in [-0.3, -0.25) is 4.79 Å². The molecule has 1 aromatic rings. The maximum atomic E-state index is 11.9. The van der Waals surface area contributed by atoms with Crippen molar-refractivity contribution in [1.82, 2.24) is 0 Å². The minimum atomic E-state index is 0.206. The molecule has 0 aliphatic carbocycles. The molecule has 0 heterocycles. The van der Waals surface area contributed by atoms with Gasteiger partial charge in [0.05, 0.1) is 7.11 Å². The van der Waals surface area contributed by atoms with Gasteiger partial charge in [0.15, 0.2) is 5.78 Å². The third-order valence-electron chi connectivity index (χ3n) is 2.51. The van der Waals surface area contributed by atoms with Crippen molar-refractivity contribution in [3.8, 4) is 5.75 Å². The molecule has 16 heavy (non-hydrogen) atoms. The van der Waals surface area contributed by atoms with Gasteiger partial charge in [-0.1, -0.05) is 20.8 Å². The summed E-state index contributed by atoms with van der Waals surface area (Å²) >= 11 is 0. The highest BCUT2D eigenvalue weighted by Gasteiger charge is 2.13. The van der Waals surface area contributed by atoms with E-state index in [1.165, 1.54) is 0 Å². The lowest BCUT2D eigenvalue weighted by Gasteiger charge is -2.17. The average Bonchev–Trinajstić information content (AvgIpc) is 2.25. The van der Waals surface area contributed by atoms with Crippen LogP contribution in [0.25, 0.3) is 0 Å². The number of benzene rings is 1. The third kappa shape index (κ3) is 4.05. The first-order valence-corrected chi connectivity index (χ1v) is 5.59. The summed E-state index contributed by atoms with van der Waals surface area (Å²) in [5.41, 5.74) is 0.979. The van der Waals surface area contributed by atoms with Gasteiger partial charge in [-0.2, -0.15) is 0 Å². The van der Waals surface area contributed by atoms with Gasteiger partial charge >= 0.3 is 0 Å². The van der Waals surface area contributed by atoms with E-state index in [1.807, 2.05) is 24.3 Å². The summed E-state index contributed by atoms with van der Waals surface area (Å²) in [6.07, 6.45) is 1.52. The molecular weight excluding hydrogens is 200 g/mol. The van der Waals surface area contributed by atoms with E-state index in [4.69, 9.17) is 4.74 Å². The molecule has 2 nitrogen and oxygen atoms in total. The van der Waals surface area contributed by atoms with Crippen LogP contribution >= 0.6 is 0 Å². The number of hydrogen-bond acceptors (Lipinski definition) is 2. The van der Waals surface area contributed by atoms with Crippen molar-refractivity contribution in [2.75, 3.05) is 7.11 Å². The maximum Gasteiger partial charge on any atom is 0.162 e. The van der Waals surface area contributed by atoms with Gasteiger partial charge in [-0.25, -0.2) is 0 Å². The monoisotopic (exact) mass is 220 g/mol. The number of carbonyl (C=O) groups excluding carboxylic acids is 1. The molecular formula is C14H20O2. The summed E-state index contributed by atoms with van der Waals surface area (Å²) in [5.74, 6) is 0.991. The van der Waals surface area contributed by atoms with Crippen LogP contribution in [-0.2, 0) is 0 Å². The minimum Gasteiger partial charge on any atom is -0.497 e. The van der Waals surface area contributed by atoms with Gasteiger partial charge in [0.1, 0.15) is 5.75 Å². The molecule has 0 N–H and O–H groups in total. The Morgan fingerprint density at radius 3 is 2.19 bits per heavy atom. The van der Waals surface area contributed by atoms with Crippen molar-refractivity contribution < 1.29 is 9.53 Å². The number of ether oxygens (including phenoxy) is 1. The zero-order valence-electron chi connectivity index (χ0n) is 10.5. The number of carbonyl (C=O) groups is 1. The Hall–Kier alpha value is -1.31. The molecule has 0 bridgehead atoms. The molecule has 2 heteroatoms. The number of Topliss-reactive ketones (excluding diaryl/α,β-unsaturated/α-hetero) is 1. The zero-order chi connectivity index (χ0) is 12.2. The first-order valence-electron chi connectivity index (χ1n) is 5.59. The van der Waals surface area contributed by atoms with Crippen LogP contribution in [0.1, 0.15) is 44.0 Å². The molecule has 0 aliphatic rings. The fourth-order valence-electron chi connectivity index (χ4n) is 1.41. The fraction of sp³-hybridized carbons (Fsp3) is 0.500. The number of methoxy groups -OCH3 is 1. The molecule has 88 valence electrons. The molecule has 0 aromatic heterocycles. The molecule has 0 radical (unpaired) electrons. The molecule has 0 fully saturated rings. The van der Waals surface area contributed by atoms with Crippen molar-refractivity contribution in [2.24, 2.45) is 5.41 Å². The maximum absolute atomic E-state index is 11.9. The van der Waals surface area contributed by atoms with Crippen molar-refractivity contribution >= 4 is 5.78 Å². The Labute approximate surface area is 97.6 Å². The van der Waals surface area contributed by atoms with Crippen LogP contribution < -0.4 is 4.74 Å². The minimum absolute atomic E-state index is 0.206. The third-order valence-corrected chi connectivity index (χ3v) is 2.51. The Balaban J connectivity index is 2.59. The molecule has 0 saturated carbocycles. The van der Waals surface area contributed by atoms with E-state index in [2.05, 4.69) is 20.8 Å². The second kappa shape index (κ2) is 5.15. The van der Waals surface area contributed by atoms with Crippen molar-refractivity contribution in [3.63, 3.8) is 0 Å². The number of ketones is 1. The first-order chi connectivity index (χ1) is 7.42. The van der Waals surface area contributed by atoms with E-state index in [0.29, 0.717) is 6.42 Å². The van der Waals surface area contributed by atoms with E-state index in [9.17, 15) is 4.79 Å². The second-order valence-corrected chi connectivity index (χ2v) is 5.21. The van der Waals surface area contributed by atoms with Crippen LogP contribution in [0.4, 0.5) is 0 Å². The van der Waals surface area contributed by atoms with E-state index in [0.717, 1.165) is 17.7 Å². The van der Waals surface area contributed by atoms with Crippen molar-refractivity contribution in [3.05, 3.63) is 29.8 Å². The van der Waals surface area contributed by atoms with E-state index < -0.39 is 0 Å². The topological polar surface area (TPSA) is 26.3 Å². The van der Waals surface area contributed by atoms with Crippen molar-refractivity contribution in [1.29, 1.82) is 0 Å². The quantitative estimate of drug-likeness (QED) is 0.723. The second-order valence-electron chi connectivity index (χ2n) is 5.21. The summed E-state index contributed by atoms with van der Waals surface area (Å²) < 4.78 is 5.05. The lowest BCUT2D eigenvalue weighted by molar-refractivity contribution is 0.0966. The van der Waals surface area contributed by atoms with Crippen molar-refractivity contribution in [2.45, 2.75) is 33.6 Å². The standard InChI is InChI=1S/C14H20O2/c1-14(2,3)10-9-13(15)11-5-7-12(16-4)8-6-11/h5-8H,9-10H2,1-4H3. The van der Waals surface area contributed by atoms with Gasteiger partial charge in [0.2, 0.25) is 0 Å². The van der Waals surface area contributed by atoms with Gasteiger partial charge < -0.3 is 4.74 Å². The first kappa shape index (κ1) is 12.8. The van der Waals surface area contributed by atoms with E-state index in [1.54, 1.807) is 7.11 Å². The van der Waals surface area contributed by atoms with E-state index in [-0.39, 0.29) is 11.2 Å². The zero-order valence-corrected chi connectivity index (χ0v) is 10.5. The molecule has 0 amide bonds. The van der Waals surface area contributed by atoms with Gasteiger partial charge in [-0.15, -0.1) is 0 Å². The van der Waals surface area contributed by atoms with Crippen LogP contribution in [0.3, 0.4) is 0 Å². The highest BCUT2D eigenvalue weighted by atomic mass is 16.5. The Morgan fingerprint density at radius 1 is 1.19 bits per heavy atom. The molecule has 0 saturated heterocycles. The normalized spacial score (nSPS) is 11.2. The Bertz CT molecular complexity index is 344. The lowest BCUT2D eigenvalue weighted by Crippen LogP contribution is -2.09. The van der Waals surface area contributed by atoms with Gasteiger partial charge in [0, 0.05) is 12.0 Å². The van der Waals surface area contributed by atoms with E-state index >= 15 is 0 Å². The summed E-state index contributed by atoms with van der Waals surface area (Å²) in [6.45, 7) is 6.44. The molecule has 0 atom stereocenters. The average molecular weight is 220 g/mol. The van der Waals surface area contributed by atoms with Gasteiger partial charge in [0.25, 0.3) is 0 Å².